The highest BCUT2D eigenvalue weighted by molar-refractivity contribution is 5.88. The summed E-state index contributed by atoms with van der Waals surface area (Å²) in [4.78, 5) is 19.8. The van der Waals surface area contributed by atoms with Gasteiger partial charge in [0.15, 0.2) is 5.82 Å². The van der Waals surface area contributed by atoms with Crippen LogP contribution < -0.4 is 10.9 Å². The molecule has 1 aromatic heterocycles. The van der Waals surface area contributed by atoms with Crippen LogP contribution in [0.4, 0.5) is 5.82 Å². The Kier molecular flexibility index (Phi) is 4.94. The highest BCUT2D eigenvalue weighted by Crippen LogP contribution is 2.39. The highest BCUT2D eigenvalue weighted by Gasteiger charge is 2.27. The second kappa shape index (κ2) is 6.70. The normalized spacial score (nSPS) is 19.0. The fourth-order valence-corrected chi connectivity index (χ4v) is 2.71. The molecule has 1 aliphatic rings. The van der Waals surface area contributed by atoms with Gasteiger partial charge in [0, 0.05) is 18.5 Å². The zero-order valence-corrected chi connectivity index (χ0v) is 13.0. The van der Waals surface area contributed by atoms with E-state index in [0.29, 0.717) is 11.2 Å². The van der Waals surface area contributed by atoms with Crippen LogP contribution in [0, 0.1) is 11.3 Å². The molecule has 5 nitrogen and oxygen atoms in total. The summed E-state index contributed by atoms with van der Waals surface area (Å²) < 4.78 is 0. The van der Waals surface area contributed by atoms with E-state index < -0.39 is 0 Å². The maximum atomic E-state index is 11.9. The Hall–Kier alpha value is -1.91. The van der Waals surface area contributed by atoms with Gasteiger partial charge >= 0.3 is 0 Å². The first-order chi connectivity index (χ1) is 9.95. The van der Waals surface area contributed by atoms with Crippen molar-refractivity contribution in [3.63, 3.8) is 0 Å². The van der Waals surface area contributed by atoms with Crippen LogP contribution in [0.25, 0.3) is 0 Å². The molecule has 21 heavy (non-hydrogen) atoms. The molecule has 1 saturated carbocycles. The molecular weight excluding hydrogens is 264 g/mol. The molecule has 0 radical (unpaired) electrons. The van der Waals surface area contributed by atoms with Crippen molar-refractivity contribution < 1.29 is 4.79 Å². The van der Waals surface area contributed by atoms with E-state index in [4.69, 9.17) is 0 Å². The largest absolute Gasteiger partial charge is 0.280 e. The third kappa shape index (κ3) is 4.85. The lowest BCUT2D eigenvalue weighted by atomic mass is 9.71. The minimum atomic E-state index is -0.134. The summed E-state index contributed by atoms with van der Waals surface area (Å²) in [5, 5.41) is 0. The summed E-state index contributed by atoms with van der Waals surface area (Å²) >= 11 is 0. The van der Waals surface area contributed by atoms with Gasteiger partial charge in [0.1, 0.15) is 0 Å². The highest BCUT2D eigenvalue weighted by atomic mass is 16.2. The van der Waals surface area contributed by atoms with Crippen molar-refractivity contribution in [2.45, 2.75) is 46.5 Å². The van der Waals surface area contributed by atoms with Gasteiger partial charge in [0.05, 0.1) is 6.20 Å². The molecule has 2 N–H and O–H groups in total. The number of rotatable bonds is 3. The van der Waals surface area contributed by atoms with Gasteiger partial charge in [0.25, 0.3) is 5.91 Å². The van der Waals surface area contributed by atoms with Gasteiger partial charge in [-0.25, -0.2) is 4.98 Å². The minimum absolute atomic E-state index is 0.134. The monoisotopic (exact) mass is 288 g/mol. The van der Waals surface area contributed by atoms with Crippen LogP contribution in [0.1, 0.15) is 46.5 Å². The maximum absolute atomic E-state index is 11.9. The van der Waals surface area contributed by atoms with Gasteiger partial charge in [-0.3, -0.25) is 20.6 Å². The summed E-state index contributed by atoms with van der Waals surface area (Å²) in [6.07, 6.45) is 10.8. The average Bonchev–Trinajstić information content (AvgIpc) is 2.46. The number of nitrogens with one attached hydrogen (secondary N) is 2. The quantitative estimate of drug-likeness (QED) is 0.662. The number of nitrogens with zero attached hydrogens (tertiary/aromatic N) is 2. The van der Waals surface area contributed by atoms with Crippen LogP contribution in [-0.2, 0) is 4.79 Å². The van der Waals surface area contributed by atoms with E-state index in [0.717, 1.165) is 18.8 Å². The predicted octanol–water partition coefficient (Wildman–Crippen LogP) is 3.08. The lowest BCUT2D eigenvalue weighted by molar-refractivity contribution is -0.116. The summed E-state index contributed by atoms with van der Waals surface area (Å²) in [7, 11) is 0. The third-order valence-corrected chi connectivity index (χ3v) is 4.06. The lowest BCUT2D eigenvalue weighted by Gasteiger charge is -2.34. The Balaban J connectivity index is 1.80. The van der Waals surface area contributed by atoms with E-state index in [1.54, 1.807) is 24.7 Å². The van der Waals surface area contributed by atoms with E-state index in [-0.39, 0.29) is 5.91 Å². The number of anilines is 1. The summed E-state index contributed by atoms with van der Waals surface area (Å²) in [6, 6.07) is 0. The number of allylic oxidation sites excluding steroid dienone is 1. The maximum Gasteiger partial charge on any atom is 0.262 e. The van der Waals surface area contributed by atoms with E-state index in [9.17, 15) is 4.79 Å². The fraction of sp³-hybridized carbons (Fsp3) is 0.562. The number of hydrogen-bond donors (Lipinski definition) is 2. The molecule has 1 amide bonds. The van der Waals surface area contributed by atoms with Crippen LogP contribution in [0.5, 0.6) is 0 Å². The third-order valence-electron chi connectivity index (χ3n) is 4.06. The number of hydrazine groups is 1. The topological polar surface area (TPSA) is 66.9 Å². The van der Waals surface area contributed by atoms with Crippen molar-refractivity contribution in [2.24, 2.45) is 11.3 Å². The number of hydrogen-bond acceptors (Lipinski definition) is 4. The zero-order chi connectivity index (χ0) is 15.3. The summed E-state index contributed by atoms with van der Waals surface area (Å²) in [5.41, 5.74) is 6.96. The van der Waals surface area contributed by atoms with Crippen LogP contribution in [0.3, 0.4) is 0 Å². The number of amides is 1. The van der Waals surface area contributed by atoms with Crippen LogP contribution in [-0.4, -0.2) is 15.9 Å². The van der Waals surface area contributed by atoms with Crippen molar-refractivity contribution in [1.29, 1.82) is 0 Å². The van der Waals surface area contributed by atoms with Crippen LogP contribution in [0.15, 0.2) is 30.2 Å². The van der Waals surface area contributed by atoms with Gasteiger partial charge in [-0.15, -0.1) is 0 Å². The Morgan fingerprint density at radius 2 is 2.00 bits per heavy atom. The lowest BCUT2D eigenvalue weighted by Crippen LogP contribution is -2.29. The molecule has 0 spiro atoms. The second-order valence-corrected chi connectivity index (χ2v) is 6.65. The van der Waals surface area contributed by atoms with Crippen LogP contribution >= 0.6 is 0 Å². The zero-order valence-electron chi connectivity index (χ0n) is 13.0. The molecule has 0 bridgehead atoms. The molecule has 0 saturated heterocycles. The van der Waals surface area contributed by atoms with Gasteiger partial charge < -0.3 is 0 Å². The first kappa shape index (κ1) is 15.5. The first-order valence-corrected chi connectivity index (χ1v) is 7.46. The molecule has 1 fully saturated rings. The minimum Gasteiger partial charge on any atom is -0.280 e. The number of aromatic nitrogens is 2. The van der Waals surface area contributed by atoms with E-state index in [2.05, 4.69) is 41.6 Å². The SMILES string of the molecule is CC(C)(C)C1CCC(=CC(=O)NNc2cnccn2)CC1. The molecule has 1 aliphatic carbocycles. The van der Waals surface area contributed by atoms with Crippen molar-refractivity contribution in [1.82, 2.24) is 15.4 Å². The van der Waals surface area contributed by atoms with Crippen molar-refractivity contribution >= 4 is 11.7 Å². The van der Waals surface area contributed by atoms with E-state index in [1.807, 2.05) is 0 Å². The summed E-state index contributed by atoms with van der Waals surface area (Å²) in [6.45, 7) is 6.89. The van der Waals surface area contributed by atoms with E-state index in [1.165, 1.54) is 18.4 Å². The van der Waals surface area contributed by atoms with Crippen molar-refractivity contribution in [3.8, 4) is 0 Å². The predicted molar refractivity (Wildman–Crippen MR) is 83.3 cm³/mol. The number of carbonyl (C=O) groups excluding carboxylic acids is 1. The first-order valence-electron chi connectivity index (χ1n) is 7.46. The Labute approximate surface area is 126 Å². The second-order valence-electron chi connectivity index (χ2n) is 6.65. The smallest absolute Gasteiger partial charge is 0.262 e. The Morgan fingerprint density at radius 3 is 2.57 bits per heavy atom. The molecule has 114 valence electrons. The molecule has 5 heteroatoms. The average molecular weight is 288 g/mol. The van der Waals surface area contributed by atoms with E-state index >= 15 is 0 Å². The molecule has 0 aromatic carbocycles. The van der Waals surface area contributed by atoms with Crippen molar-refractivity contribution in [3.05, 3.63) is 30.2 Å². The summed E-state index contributed by atoms with van der Waals surface area (Å²) in [5.74, 6) is 1.14. The van der Waals surface area contributed by atoms with Gasteiger partial charge in [-0.2, -0.15) is 0 Å². The fourth-order valence-electron chi connectivity index (χ4n) is 2.71. The van der Waals surface area contributed by atoms with Crippen LogP contribution in [0.2, 0.25) is 0 Å². The number of carbonyl (C=O) groups is 1. The molecule has 0 aliphatic heterocycles. The Morgan fingerprint density at radius 1 is 1.29 bits per heavy atom. The van der Waals surface area contributed by atoms with Gasteiger partial charge in [0.2, 0.25) is 0 Å². The van der Waals surface area contributed by atoms with Crippen molar-refractivity contribution in [2.75, 3.05) is 5.43 Å². The molecule has 1 aromatic rings. The molecular formula is C16H24N4O. The van der Waals surface area contributed by atoms with Gasteiger partial charge in [-0.1, -0.05) is 26.3 Å². The molecule has 1 heterocycles. The molecule has 0 atom stereocenters. The molecule has 2 rings (SSSR count). The Bertz CT molecular complexity index is 495. The standard InChI is InChI=1S/C16H24N4O/c1-16(2,3)13-6-4-12(5-7-13)10-15(21)20-19-14-11-17-8-9-18-14/h8-11,13H,4-7H2,1-3H3,(H,18,19)(H,20,21). The van der Waals surface area contributed by atoms with Gasteiger partial charge in [-0.05, 0) is 37.0 Å². The molecule has 0 unspecified atom stereocenters.